The minimum Gasteiger partial charge on any atom is -0.463 e. The molecule has 3 N–H and O–H groups in total. The molecule has 0 aromatic rings. The first-order valence-corrected chi connectivity index (χ1v) is 11.4. The van der Waals surface area contributed by atoms with E-state index >= 15 is 0 Å². The van der Waals surface area contributed by atoms with Gasteiger partial charge in [-0.3, -0.25) is 4.79 Å². The Balaban J connectivity index is 1.88. The Hall–Kier alpha value is -0.690. The average Bonchev–Trinajstić information content (AvgIpc) is 2.69. The molecule has 0 amide bonds. The number of rotatable bonds is 16. The van der Waals surface area contributed by atoms with Crippen molar-refractivity contribution < 1.29 is 29.6 Å². The van der Waals surface area contributed by atoms with E-state index in [1.165, 1.54) is 64.2 Å². The molecule has 166 valence electrons. The van der Waals surface area contributed by atoms with Crippen LogP contribution in [0.15, 0.2) is 0 Å². The summed E-state index contributed by atoms with van der Waals surface area (Å²) in [5, 5.41) is 28.8. The van der Waals surface area contributed by atoms with Gasteiger partial charge >= 0.3 is 5.97 Å². The summed E-state index contributed by atoms with van der Waals surface area (Å²) in [6.45, 7) is 2.08. The number of hydrogen-bond donors (Lipinski definition) is 3. The Bertz CT molecular complexity index is 389. The highest BCUT2D eigenvalue weighted by molar-refractivity contribution is 5.69. The first-order chi connectivity index (χ1) is 13.6. The lowest BCUT2D eigenvalue weighted by Gasteiger charge is -2.34. The molecule has 1 aliphatic heterocycles. The average molecular weight is 403 g/mol. The fourth-order valence-corrected chi connectivity index (χ4v) is 3.55. The molecule has 0 aromatic heterocycles. The predicted octanol–water partition coefficient (Wildman–Crippen LogP) is 3.49. The molecule has 1 heterocycles. The molecular formula is C22H42O6. The maximum Gasteiger partial charge on any atom is 0.305 e. The van der Waals surface area contributed by atoms with E-state index in [1.54, 1.807) is 0 Å². The van der Waals surface area contributed by atoms with E-state index in [2.05, 4.69) is 6.92 Å². The number of aliphatic hydroxyl groups excluding tert-OH is 3. The standard InChI is InChI=1S/C22H42O6/c1-2-3-4-5-6-7-8-9-10-11-12-13-14-15-20(24)28-17-19-22(26)21(25)18(23)16-27-19/h18-19,21-23,25-26H,2-17H2,1H3/t18-,19+,21+,22+/m0/s1. The highest BCUT2D eigenvalue weighted by atomic mass is 16.6. The molecule has 0 saturated carbocycles. The third-order valence-corrected chi connectivity index (χ3v) is 5.50. The summed E-state index contributed by atoms with van der Waals surface area (Å²) in [5.41, 5.74) is 0. The zero-order chi connectivity index (χ0) is 20.6. The molecule has 28 heavy (non-hydrogen) atoms. The van der Waals surface area contributed by atoms with Gasteiger partial charge in [0.2, 0.25) is 0 Å². The van der Waals surface area contributed by atoms with E-state index in [4.69, 9.17) is 9.47 Å². The quantitative estimate of drug-likeness (QED) is 0.270. The van der Waals surface area contributed by atoms with Crippen LogP contribution >= 0.6 is 0 Å². The molecule has 1 aliphatic rings. The second-order valence-electron chi connectivity index (χ2n) is 8.10. The minimum atomic E-state index is -1.27. The maximum absolute atomic E-state index is 11.8. The van der Waals surface area contributed by atoms with Gasteiger partial charge < -0.3 is 24.8 Å². The zero-order valence-corrected chi connectivity index (χ0v) is 17.7. The molecule has 1 saturated heterocycles. The summed E-state index contributed by atoms with van der Waals surface area (Å²) in [6.07, 6.45) is 12.3. The van der Waals surface area contributed by atoms with Crippen LogP contribution in [0.2, 0.25) is 0 Å². The fourth-order valence-electron chi connectivity index (χ4n) is 3.55. The van der Waals surface area contributed by atoms with Crippen molar-refractivity contribution in [2.45, 2.75) is 121 Å². The van der Waals surface area contributed by atoms with Gasteiger partial charge in [0.05, 0.1) is 6.61 Å². The van der Waals surface area contributed by atoms with E-state index in [0.29, 0.717) is 6.42 Å². The van der Waals surface area contributed by atoms with E-state index in [0.717, 1.165) is 19.3 Å². The predicted molar refractivity (Wildman–Crippen MR) is 109 cm³/mol. The van der Waals surface area contributed by atoms with Crippen molar-refractivity contribution in [1.29, 1.82) is 0 Å². The zero-order valence-electron chi connectivity index (χ0n) is 17.7. The smallest absolute Gasteiger partial charge is 0.305 e. The van der Waals surface area contributed by atoms with Crippen molar-refractivity contribution in [2.75, 3.05) is 13.2 Å². The lowest BCUT2D eigenvalue weighted by Crippen LogP contribution is -2.54. The van der Waals surface area contributed by atoms with Gasteiger partial charge in [-0.25, -0.2) is 0 Å². The Morgan fingerprint density at radius 2 is 1.32 bits per heavy atom. The van der Waals surface area contributed by atoms with Crippen LogP contribution in [-0.4, -0.2) is 58.9 Å². The van der Waals surface area contributed by atoms with Gasteiger partial charge in [-0.05, 0) is 6.42 Å². The molecular weight excluding hydrogens is 360 g/mol. The Morgan fingerprint density at radius 3 is 1.86 bits per heavy atom. The van der Waals surface area contributed by atoms with Gasteiger partial charge in [0.15, 0.2) is 0 Å². The van der Waals surface area contributed by atoms with Gasteiger partial charge in [-0.1, -0.05) is 84.0 Å². The van der Waals surface area contributed by atoms with Crippen LogP contribution in [0.3, 0.4) is 0 Å². The number of aliphatic hydroxyl groups is 3. The normalized spacial score (nSPS) is 25.0. The maximum atomic E-state index is 11.8. The number of carbonyl (C=O) groups excluding carboxylic acids is 1. The van der Waals surface area contributed by atoms with Gasteiger partial charge in [0.25, 0.3) is 0 Å². The van der Waals surface area contributed by atoms with E-state index in [1.807, 2.05) is 0 Å². The summed E-state index contributed by atoms with van der Waals surface area (Å²) >= 11 is 0. The van der Waals surface area contributed by atoms with Crippen LogP contribution in [-0.2, 0) is 14.3 Å². The number of unbranched alkanes of at least 4 members (excludes halogenated alkanes) is 12. The van der Waals surface area contributed by atoms with Crippen molar-refractivity contribution in [2.24, 2.45) is 0 Å². The Morgan fingerprint density at radius 1 is 0.821 bits per heavy atom. The third kappa shape index (κ3) is 11.3. The number of esters is 1. The van der Waals surface area contributed by atoms with Crippen molar-refractivity contribution in [3.05, 3.63) is 0 Å². The highest BCUT2D eigenvalue weighted by Gasteiger charge is 2.38. The SMILES string of the molecule is CCCCCCCCCCCCCCCC(=O)OC[C@H]1OC[C@H](O)[C@@H](O)[C@@H]1O. The van der Waals surface area contributed by atoms with Crippen LogP contribution < -0.4 is 0 Å². The van der Waals surface area contributed by atoms with E-state index in [-0.39, 0.29) is 19.2 Å². The first kappa shape index (κ1) is 25.3. The third-order valence-electron chi connectivity index (χ3n) is 5.50. The van der Waals surface area contributed by atoms with Crippen molar-refractivity contribution >= 4 is 5.97 Å². The number of hydrogen-bond acceptors (Lipinski definition) is 6. The van der Waals surface area contributed by atoms with Crippen molar-refractivity contribution in [3.8, 4) is 0 Å². The van der Waals surface area contributed by atoms with Gasteiger partial charge in [0.1, 0.15) is 31.0 Å². The lowest BCUT2D eigenvalue weighted by molar-refractivity contribution is -0.201. The van der Waals surface area contributed by atoms with Gasteiger partial charge in [0, 0.05) is 6.42 Å². The molecule has 1 rings (SSSR count). The molecule has 6 heteroatoms. The molecule has 0 radical (unpaired) electrons. The van der Waals surface area contributed by atoms with Crippen LogP contribution in [0.1, 0.15) is 96.8 Å². The first-order valence-electron chi connectivity index (χ1n) is 11.4. The van der Waals surface area contributed by atoms with Crippen LogP contribution in [0.25, 0.3) is 0 Å². The Kier molecular flexibility index (Phi) is 14.6. The molecule has 4 atom stereocenters. The van der Waals surface area contributed by atoms with Crippen LogP contribution in [0.5, 0.6) is 0 Å². The molecule has 1 fully saturated rings. The fraction of sp³-hybridized carbons (Fsp3) is 0.955. The van der Waals surface area contributed by atoms with E-state index in [9.17, 15) is 20.1 Å². The van der Waals surface area contributed by atoms with Gasteiger partial charge in [-0.2, -0.15) is 0 Å². The van der Waals surface area contributed by atoms with Crippen molar-refractivity contribution in [1.82, 2.24) is 0 Å². The van der Waals surface area contributed by atoms with Crippen molar-refractivity contribution in [3.63, 3.8) is 0 Å². The molecule has 6 nitrogen and oxygen atoms in total. The molecule has 0 unspecified atom stereocenters. The lowest BCUT2D eigenvalue weighted by atomic mass is 10.0. The molecule has 0 aromatic carbocycles. The van der Waals surface area contributed by atoms with E-state index < -0.39 is 24.4 Å². The van der Waals surface area contributed by atoms with Crippen LogP contribution in [0.4, 0.5) is 0 Å². The number of carbonyl (C=O) groups is 1. The second kappa shape index (κ2) is 16.1. The summed E-state index contributed by atoms with van der Waals surface area (Å²) in [7, 11) is 0. The number of ether oxygens (including phenoxy) is 2. The van der Waals surface area contributed by atoms with Crippen LogP contribution in [0, 0.1) is 0 Å². The summed E-state index contributed by atoms with van der Waals surface area (Å²) in [5.74, 6) is -0.306. The molecule has 0 aliphatic carbocycles. The molecule has 0 spiro atoms. The summed E-state index contributed by atoms with van der Waals surface area (Å²) < 4.78 is 10.3. The molecule has 0 bridgehead atoms. The summed E-state index contributed by atoms with van der Waals surface area (Å²) in [4.78, 5) is 11.8. The Labute approximate surface area is 170 Å². The second-order valence-corrected chi connectivity index (χ2v) is 8.10. The monoisotopic (exact) mass is 402 g/mol. The topological polar surface area (TPSA) is 96.2 Å². The van der Waals surface area contributed by atoms with Gasteiger partial charge in [-0.15, -0.1) is 0 Å². The minimum absolute atomic E-state index is 0.0701. The largest absolute Gasteiger partial charge is 0.463 e. The summed E-state index contributed by atoms with van der Waals surface area (Å²) in [6, 6.07) is 0. The highest BCUT2D eigenvalue weighted by Crippen LogP contribution is 2.17.